The number of amides is 1. The predicted octanol–water partition coefficient (Wildman–Crippen LogP) is 2.60. The van der Waals surface area contributed by atoms with Gasteiger partial charge in [0.1, 0.15) is 0 Å². The van der Waals surface area contributed by atoms with Crippen LogP contribution in [0.5, 0.6) is 5.75 Å². The lowest BCUT2D eigenvalue weighted by Crippen LogP contribution is -2.66. The first-order valence-corrected chi connectivity index (χ1v) is 10.9. The molecular weight excluding hydrogens is 453 g/mol. The van der Waals surface area contributed by atoms with Crippen LogP contribution < -0.4 is 5.32 Å². The molecule has 6 rings (SSSR count). The van der Waals surface area contributed by atoms with E-state index in [-0.39, 0.29) is 12.1 Å². The highest BCUT2D eigenvalue weighted by molar-refractivity contribution is 5.94. The van der Waals surface area contributed by atoms with E-state index >= 15 is 0 Å². The molecule has 3 aliphatic heterocycles. The van der Waals surface area contributed by atoms with Gasteiger partial charge in [-0.1, -0.05) is 5.16 Å². The minimum atomic E-state index is -1.78. The number of carbonyl (C=O) groups is 1. The number of fused-ring (bicyclic) bond motifs is 3. The lowest BCUT2D eigenvalue weighted by atomic mass is 9.70. The van der Waals surface area contributed by atoms with E-state index in [1.807, 2.05) is 13.0 Å². The molecule has 178 valence electrons. The maximum Gasteiger partial charge on any atom is 0.278 e. The van der Waals surface area contributed by atoms with Crippen LogP contribution >= 0.6 is 0 Å². The standard InChI is InChI=1S/C22H21F3N6O3/c1-12-2-3-15(29-28-12)20-27-21(30-34-20)22-4-7-31(8-5-22,9-6-22)11-26-19(33)13-10-14(23)18(32)17(25)16(13)24/h2-3,10H,4-9,11H2,1H3,(H-,26,32,33)/p+1/t22-,31+. The van der Waals surface area contributed by atoms with E-state index in [9.17, 15) is 18.0 Å². The molecule has 2 aromatic heterocycles. The summed E-state index contributed by atoms with van der Waals surface area (Å²) >= 11 is 0. The summed E-state index contributed by atoms with van der Waals surface area (Å²) in [5.74, 6) is -6.20. The molecule has 5 heterocycles. The first-order valence-electron chi connectivity index (χ1n) is 10.9. The number of phenols is 1. The smallest absolute Gasteiger partial charge is 0.278 e. The SMILES string of the molecule is Cc1ccc(-c2nc([C@]34CC[N@+](CNC(=O)c5cc(F)c(O)c(F)c5F)(CC3)CC4)no2)nn1. The average Bonchev–Trinajstić information content (AvgIpc) is 3.36. The number of rotatable bonds is 5. The summed E-state index contributed by atoms with van der Waals surface area (Å²) in [7, 11) is 0. The summed E-state index contributed by atoms with van der Waals surface area (Å²) in [6, 6.07) is 4.09. The van der Waals surface area contributed by atoms with Crippen LogP contribution in [0.3, 0.4) is 0 Å². The fourth-order valence-corrected chi connectivity index (χ4v) is 4.78. The first-order chi connectivity index (χ1) is 16.2. The lowest BCUT2D eigenvalue weighted by Gasteiger charge is -2.53. The van der Waals surface area contributed by atoms with E-state index in [1.54, 1.807) is 6.07 Å². The normalized spacial score (nSPS) is 23.8. The summed E-state index contributed by atoms with van der Waals surface area (Å²) < 4.78 is 47.2. The van der Waals surface area contributed by atoms with Crippen LogP contribution in [-0.2, 0) is 5.41 Å². The van der Waals surface area contributed by atoms with Crippen LogP contribution in [0, 0.1) is 24.4 Å². The van der Waals surface area contributed by atoms with Crippen molar-refractivity contribution >= 4 is 5.91 Å². The number of hydrogen-bond acceptors (Lipinski definition) is 7. The number of aromatic nitrogens is 4. The van der Waals surface area contributed by atoms with E-state index in [2.05, 4.69) is 25.7 Å². The molecule has 1 aromatic carbocycles. The predicted molar refractivity (Wildman–Crippen MR) is 111 cm³/mol. The highest BCUT2D eigenvalue weighted by Gasteiger charge is 2.52. The van der Waals surface area contributed by atoms with E-state index in [0.717, 1.165) is 44.6 Å². The Bertz CT molecular complexity index is 1240. The molecular formula is C22H22F3N6O3+. The number of piperidine rings is 3. The third-order valence-electron chi connectivity index (χ3n) is 7.07. The van der Waals surface area contributed by atoms with Gasteiger partial charge in [-0.2, -0.15) is 14.5 Å². The molecule has 2 bridgehead atoms. The van der Waals surface area contributed by atoms with Crippen molar-refractivity contribution in [1.82, 2.24) is 25.7 Å². The van der Waals surface area contributed by atoms with Gasteiger partial charge in [0.05, 0.1) is 30.9 Å². The minimum Gasteiger partial charge on any atom is -0.503 e. The van der Waals surface area contributed by atoms with Crippen LogP contribution in [-0.4, -0.2) is 62.1 Å². The molecule has 9 nitrogen and oxygen atoms in total. The van der Waals surface area contributed by atoms with Gasteiger partial charge in [-0.3, -0.25) is 4.79 Å². The molecule has 12 heteroatoms. The van der Waals surface area contributed by atoms with Crippen molar-refractivity contribution < 1.29 is 32.1 Å². The van der Waals surface area contributed by atoms with Crippen LogP contribution in [0.4, 0.5) is 13.2 Å². The summed E-state index contributed by atoms with van der Waals surface area (Å²) in [4.78, 5) is 17.0. The molecule has 0 atom stereocenters. The number of aryl methyl sites for hydroxylation is 1. The Labute approximate surface area is 192 Å². The number of hydrogen-bond donors (Lipinski definition) is 2. The number of nitrogens with one attached hydrogen (secondary N) is 1. The second-order valence-corrected chi connectivity index (χ2v) is 9.07. The van der Waals surface area contributed by atoms with Gasteiger partial charge in [-0.05, 0) is 25.1 Å². The van der Waals surface area contributed by atoms with Crippen molar-refractivity contribution in [2.24, 2.45) is 0 Å². The lowest BCUT2D eigenvalue weighted by molar-refractivity contribution is -0.945. The summed E-state index contributed by atoms with van der Waals surface area (Å²) in [5, 5.41) is 24.1. The molecule has 3 fully saturated rings. The third-order valence-corrected chi connectivity index (χ3v) is 7.07. The largest absolute Gasteiger partial charge is 0.503 e. The minimum absolute atomic E-state index is 0.189. The van der Waals surface area contributed by atoms with Gasteiger partial charge in [-0.25, -0.2) is 8.78 Å². The number of quaternary nitrogens is 1. The van der Waals surface area contributed by atoms with E-state index in [1.165, 1.54) is 0 Å². The van der Waals surface area contributed by atoms with Crippen LogP contribution in [0.2, 0.25) is 0 Å². The molecule has 2 N–H and O–H groups in total. The van der Waals surface area contributed by atoms with Gasteiger partial charge >= 0.3 is 0 Å². The number of carbonyl (C=O) groups excluding carboxylic acids is 1. The maximum absolute atomic E-state index is 14.0. The Morgan fingerprint density at radius 1 is 1.15 bits per heavy atom. The summed E-state index contributed by atoms with van der Waals surface area (Å²) in [6.45, 7) is 4.18. The Hall–Kier alpha value is -3.54. The molecule has 0 saturated carbocycles. The van der Waals surface area contributed by atoms with Crippen molar-refractivity contribution in [2.45, 2.75) is 31.6 Å². The van der Waals surface area contributed by atoms with Gasteiger partial charge in [0.25, 0.3) is 11.8 Å². The molecule has 3 aliphatic rings. The van der Waals surface area contributed by atoms with Crippen molar-refractivity contribution in [3.8, 4) is 17.3 Å². The van der Waals surface area contributed by atoms with Gasteiger partial charge in [-0.15, -0.1) is 5.10 Å². The zero-order chi connectivity index (χ0) is 24.1. The molecule has 3 saturated heterocycles. The average molecular weight is 475 g/mol. The van der Waals surface area contributed by atoms with Gasteiger partial charge in [0, 0.05) is 24.7 Å². The number of halogens is 3. The fourth-order valence-electron chi connectivity index (χ4n) is 4.78. The Morgan fingerprint density at radius 2 is 1.85 bits per heavy atom. The van der Waals surface area contributed by atoms with Gasteiger partial charge in [0.15, 0.2) is 35.6 Å². The summed E-state index contributed by atoms with van der Waals surface area (Å²) in [6.07, 6.45) is 2.29. The molecule has 0 radical (unpaired) electrons. The number of phenolic OH excluding ortho intramolecular Hbond substituents is 1. The molecule has 0 aliphatic carbocycles. The Balaban J connectivity index is 1.25. The fraction of sp³-hybridized carbons (Fsp3) is 0.409. The molecule has 3 aromatic rings. The van der Waals surface area contributed by atoms with Crippen LogP contribution in [0.15, 0.2) is 22.7 Å². The molecule has 1 amide bonds. The van der Waals surface area contributed by atoms with Gasteiger partial charge < -0.3 is 19.4 Å². The van der Waals surface area contributed by atoms with Crippen molar-refractivity contribution in [2.75, 3.05) is 26.3 Å². The second-order valence-electron chi connectivity index (χ2n) is 9.07. The van der Waals surface area contributed by atoms with E-state index in [4.69, 9.17) is 9.63 Å². The van der Waals surface area contributed by atoms with Crippen molar-refractivity contribution in [3.05, 3.63) is 52.7 Å². The first kappa shape index (κ1) is 22.3. The van der Waals surface area contributed by atoms with Crippen molar-refractivity contribution in [1.29, 1.82) is 0 Å². The van der Waals surface area contributed by atoms with E-state index in [0.29, 0.717) is 28.0 Å². The Kier molecular flexibility index (Phi) is 5.27. The second kappa shape index (κ2) is 8.05. The highest BCUT2D eigenvalue weighted by Crippen LogP contribution is 2.45. The van der Waals surface area contributed by atoms with Crippen molar-refractivity contribution in [3.63, 3.8) is 0 Å². The summed E-state index contributed by atoms with van der Waals surface area (Å²) in [5.41, 5.74) is 0.271. The molecule has 0 unspecified atom stereocenters. The zero-order valence-electron chi connectivity index (χ0n) is 18.3. The van der Waals surface area contributed by atoms with E-state index < -0.39 is 34.7 Å². The topological polar surface area (TPSA) is 114 Å². The third kappa shape index (κ3) is 3.67. The zero-order valence-corrected chi connectivity index (χ0v) is 18.3. The van der Waals surface area contributed by atoms with Crippen LogP contribution in [0.1, 0.15) is 41.1 Å². The van der Waals surface area contributed by atoms with Crippen LogP contribution in [0.25, 0.3) is 11.6 Å². The number of aromatic hydroxyl groups is 1. The Morgan fingerprint density at radius 3 is 2.50 bits per heavy atom. The number of benzene rings is 1. The highest BCUT2D eigenvalue weighted by atomic mass is 19.2. The van der Waals surface area contributed by atoms with Gasteiger partial charge in [0.2, 0.25) is 5.82 Å². The number of nitrogens with zero attached hydrogens (tertiary/aromatic N) is 5. The molecule has 34 heavy (non-hydrogen) atoms. The monoisotopic (exact) mass is 475 g/mol. The quantitative estimate of drug-likeness (QED) is 0.431. The maximum atomic E-state index is 14.0. The molecule has 0 spiro atoms.